The van der Waals surface area contributed by atoms with Gasteiger partial charge in [-0.15, -0.1) is 0 Å². The second-order valence-electron chi connectivity index (χ2n) is 6.59. The van der Waals surface area contributed by atoms with Gasteiger partial charge in [0, 0.05) is 5.54 Å². The van der Waals surface area contributed by atoms with E-state index in [9.17, 15) is 9.59 Å². The summed E-state index contributed by atoms with van der Waals surface area (Å²) in [4.78, 5) is 24.2. The number of rotatable bonds is 5. The van der Waals surface area contributed by atoms with Crippen LogP contribution in [0.2, 0.25) is 0 Å². The van der Waals surface area contributed by atoms with Crippen molar-refractivity contribution < 1.29 is 9.59 Å². The molecule has 0 fully saturated rings. The molecule has 24 heavy (non-hydrogen) atoms. The van der Waals surface area contributed by atoms with Gasteiger partial charge in [0.2, 0.25) is 5.91 Å². The molecule has 128 valence electrons. The lowest BCUT2D eigenvalue weighted by Gasteiger charge is -2.20. The third kappa shape index (κ3) is 4.44. The Kier molecular flexibility index (Phi) is 5.39. The lowest BCUT2D eigenvalue weighted by Crippen LogP contribution is -2.45. The van der Waals surface area contributed by atoms with Gasteiger partial charge in [-0.05, 0) is 39.3 Å². The molecule has 1 aromatic carbocycles. The van der Waals surface area contributed by atoms with Crippen molar-refractivity contribution in [2.45, 2.75) is 39.7 Å². The predicted molar refractivity (Wildman–Crippen MR) is 93.2 cm³/mol. The highest BCUT2D eigenvalue weighted by atomic mass is 16.2. The second-order valence-corrected chi connectivity index (χ2v) is 6.59. The molecule has 0 saturated heterocycles. The summed E-state index contributed by atoms with van der Waals surface area (Å²) in [5.41, 5.74) is 1.88. The zero-order valence-electron chi connectivity index (χ0n) is 14.6. The molecule has 2 amide bonds. The number of amides is 2. The molecule has 0 aliphatic rings. The van der Waals surface area contributed by atoms with Crippen LogP contribution in [-0.2, 0) is 11.2 Å². The highest BCUT2D eigenvalue weighted by Crippen LogP contribution is 2.15. The Morgan fingerprint density at radius 3 is 2.42 bits per heavy atom. The lowest BCUT2D eigenvalue weighted by atomic mass is 10.1. The minimum absolute atomic E-state index is 0.0597. The molecule has 6 nitrogen and oxygen atoms in total. The first-order valence-electron chi connectivity index (χ1n) is 8.03. The molecule has 1 aromatic heterocycles. The Bertz CT molecular complexity index is 714. The minimum Gasteiger partial charge on any atom is -0.350 e. The molecule has 0 spiro atoms. The second kappa shape index (κ2) is 7.29. The molecule has 2 rings (SSSR count). The molecule has 0 unspecified atom stereocenters. The summed E-state index contributed by atoms with van der Waals surface area (Å²) < 4.78 is 1.75. The highest BCUT2D eigenvalue weighted by Gasteiger charge is 2.19. The molecule has 6 heteroatoms. The van der Waals surface area contributed by atoms with Crippen molar-refractivity contribution in [3.05, 3.63) is 47.8 Å². The van der Waals surface area contributed by atoms with Gasteiger partial charge >= 0.3 is 0 Å². The van der Waals surface area contributed by atoms with E-state index in [1.165, 1.54) is 0 Å². The lowest BCUT2D eigenvalue weighted by molar-refractivity contribution is -0.121. The van der Waals surface area contributed by atoms with Gasteiger partial charge in [0.25, 0.3) is 5.91 Å². The average molecular weight is 328 g/mol. The molecule has 0 saturated carbocycles. The SMILES string of the molecule is CCc1c(C(=O)NCC(=O)NC(C)(C)C)cnn1-c1ccccc1. The maximum absolute atomic E-state index is 12.4. The first kappa shape index (κ1) is 17.7. The maximum Gasteiger partial charge on any atom is 0.255 e. The van der Waals surface area contributed by atoms with Crippen molar-refractivity contribution in [3.63, 3.8) is 0 Å². The fraction of sp³-hybridized carbons (Fsp3) is 0.389. The van der Waals surface area contributed by atoms with E-state index in [4.69, 9.17) is 0 Å². The van der Waals surface area contributed by atoms with Crippen molar-refractivity contribution in [3.8, 4) is 5.69 Å². The zero-order chi connectivity index (χ0) is 17.7. The Labute approximate surface area is 142 Å². The Hall–Kier alpha value is -2.63. The van der Waals surface area contributed by atoms with Crippen LogP contribution < -0.4 is 10.6 Å². The first-order chi connectivity index (χ1) is 11.3. The van der Waals surface area contributed by atoms with Crippen LogP contribution in [0.15, 0.2) is 36.5 Å². The quantitative estimate of drug-likeness (QED) is 0.882. The smallest absolute Gasteiger partial charge is 0.255 e. The molecule has 0 radical (unpaired) electrons. The number of benzene rings is 1. The molecule has 0 atom stereocenters. The van der Waals surface area contributed by atoms with Gasteiger partial charge in [-0.25, -0.2) is 4.68 Å². The van der Waals surface area contributed by atoms with Crippen LogP contribution in [-0.4, -0.2) is 33.7 Å². The van der Waals surface area contributed by atoms with Crippen LogP contribution in [0.3, 0.4) is 0 Å². The fourth-order valence-corrected chi connectivity index (χ4v) is 2.41. The van der Waals surface area contributed by atoms with Gasteiger partial charge in [0.15, 0.2) is 0 Å². The van der Waals surface area contributed by atoms with Gasteiger partial charge < -0.3 is 10.6 Å². The van der Waals surface area contributed by atoms with Crippen LogP contribution in [0, 0.1) is 0 Å². The van der Waals surface area contributed by atoms with E-state index in [1.54, 1.807) is 10.9 Å². The van der Waals surface area contributed by atoms with Gasteiger partial charge in [0.1, 0.15) is 0 Å². The number of carbonyl (C=O) groups is 2. The molecule has 1 heterocycles. The number of para-hydroxylation sites is 1. The fourth-order valence-electron chi connectivity index (χ4n) is 2.41. The largest absolute Gasteiger partial charge is 0.350 e. The first-order valence-corrected chi connectivity index (χ1v) is 8.03. The van der Waals surface area contributed by atoms with Gasteiger partial charge in [-0.2, -0.15) is 5.10 Å². The minimum atomic E-state index is -0.325. The molecule has 0 aliphatic heterocycles. The molecular weight excluding hydrogens is 304 g/mol. The van der Waals surface area contributed by atoms with Crippen molar-refractivity contribution in [2.75, 3.05) is 6.54 Å². The van der Waals surface area contributed by atoms with E-state index < -0.39 is 0 Å². The van der Waals surface area contributed by atoms with E-state index in [0.717, 1.165) is 11.4 Å². The Morgan fingerprint density at radius 2 is 1.83 bits per heavy atom. The topological polar surface area (TPSA) is 76.0 Å². The van der Waals surface area contributed by atoms with Gasteiger partial charge in [-0.1, -0.05) is 25.1 Å². The molecule has 2 aromatic rings. The monoisotopic (exact) mass is 328 g/mol. The van der Waals surface area contributed by atoms with Crippen molar-refractivity contribution in [2.24, 2.45) is 0 Å². The summed E-state index contributed by atoms with van der Waals surface area (Å²) in [6.07, 6.45) is 2.20. The number of nitrogens with one attached hydrogen (secondary N) is 2. The molecule has 2 N–H and O–H groups in total. The molecular formula is C18H24N4O2. The van der Waals surface area contributed by atoms with Crippen LogP contribution in [0.4, 0.5) is 0 Å². The van der Waals surface area contributed by atoms with Crippen molar-refractivity contribution in [1.82, 2.24) is 20.4 Å². The summed E-state index contributed by atoms with van der Waals surface area (Å²) in [7, 11) is 0. The summed E-state index contributed by atoms with van der Waals surface area (Å²) in [5, 5.41) is 9.79. The molecule has 0 aliphatic carbocycles. The van der Waals surface area contributed by atoms with Crippen molar-refractivity contribution >= 4 is 11.8 Å². The van der Waals surface area contributed by atoms with Gasteiger partial charge in [-0.3, -0.25) is 9.59 Å². The Morgan fingerprint density at radius 1 is 1.17 bits per heavy atom. The van der Waals surface area contributed by atoms with E-state index in [-0.39, 0.29) is 23.9 Å². The van der Waals surface area contributed by atoms with Crippen LogP contribution >= 0.6 is 0 Å². The predicted octanol–water partition coefficient (Wildman–Crippen LogP) is 2.08. The third-order valence-corrected chi connectivity index (χ3v) is 3.37. The van der Waals surface area contributed by atoms with Crippen molar-refractivity contribution in [1.29, 1.82) is 0 Å². The maximum atomic E-state index is 12.4. The number of carbonyl (C=O) groups excluding carboxylic acids is 2. The summed E-state index contributed by atoms with van der Waals surface area (Å²) in [5.74, 6) is -0.512. The standard InChI is InChI=1S/C18H24N4O2/c1-5-15-14(11-20-22(15)13-9-7-6-8-10-13)17(24)19-12-16(23)21-18(2,3)4/h6-11H,5,12H2,1-4H3,(H,19,24)(H,21,23). The summed E-state index contributed by atoms with van der Waals surface area (Å²) in [6.45, 7) is 7.60. The van der Waals surface area contributed by atoms with Gasteiger partial charge in [0.05, 0.1) is 29.7 Å². The number of hydrogen-bond donors (Lipinski definition) is 2. The number of aromatic nitrogens is 2. The summed E-state index contributed by atoms with van der Waals surface area (Å²) in [6, 6.07) is 9.65. The third-order valence-electron chi connectivity index (χ3n) is 3.37. The molecule has 0 bridgehead atoms. The van der Waals surface area contributed by atoms with Crippen LogP contribution in [0.5, 0.6) is 0 Å². The van der Waals surface area contributed by atoms with E-state index in [2.05, 4.69) is 15.7 Å². The van der Waals surface area contributed by atoms with Crippen LogP contribution in [0.1, 0.15) is 43.7 Å². The number of hydrogen-bond acceptors (Lipinski definition) is 3. The van der Waals surface area contributed by atoms with E-state index in [1.807, 2.05) is 58.0 Å². The number of nitrogens with zero attached hydrogens (tertiary/aromatic N) is 2. The van der Waals surface area contributed by atoms with Crippen LogP contribution in [0.25, 0.3) is 5.69 Å². The Balaban J connectivity index is 2.11. The zero-order valence-corrected chi connectivity index (χ0v) is 14.6. The average Bonchev–Trinajstić information content (AvgIpc) is 2.95. The summed E-state index contributed by atoms with van der Waals surface area (Å²) >= 11 is 0. The highest BCUT2D eigenvalue weighted by molar-refractivity contribution is 5.97. The van der Waals surface area contributed by atoms with E-state index in [0.29, 0.717) is 12.0 Å². The van der Waals surface area contributed by atoms with E-state index >= 15 is 0 Å². The normalized spacial score (nSPS) is 11.2.